The van der Waals surface area contributed by atoms with Crippen molar-refractivity contribution in [2.75, 3.05) is 185 Å². The molecule has 24 nitrogen and oxygen atoms in total. The smallest absolute Gasteiger partial charge is 0.311 e. The lowest BCUT2D eigenvalue weighted by atomic mass is 9.83. The van der Waals surface area contributed by atoms with Crippen LogP contribution in [0.15, 0.2) is 0 Å². The van der Waals surface area contributed by atoms with Crippen LogP contribution in [0.25, 0.3) is 0 Å². The topological polar surface area (TPSA) is 284 Å². The van der Waals surface area contributed by atoms with E-state index >= 15 is 0 Å². The van der Waals surface area contributed by atoms with Crippen LogP contribution in [0.1, 0.15) is 409 Å². The number of rotatable bonds is 52. The van der Waals surface area contributed by atoms with Crippen LogP contribution in [0.2, 0.25) is 0 Å². The van der Waals surface area contributed by atoms with Crippen molar-refractivity contribution in [1.29, 1.82) is 0 Å². The van der Waals surface area contributed by atoms with E-state index in [4.69, 9.17) is 75.8 Å². The average molecular weight is 1950 g/mol. The number of hydrogen-bond acceptors (Lipinski definition) is 24. The zero-order valence-electron chi connectivity index (χ0n) is 98.1. The van der Waals surface area contributed by atoms with Gasteiger partial charge in [0, 0.05) is 87.0 Å². The molecular weight excluding hydrogens is 1730 g/mol. The zero-order chi connectivity index (χ0) is 108. The second-order valence-corrected chi connectivity index (χ2v) is 53.1. The lowest BCUT2D eigenvalue weighted by molar-refractivity contribution is -0.155. The quantitative estimate of drug-likeness (QED) is 0.0311. The minimum absolute atomic E-state index is 0.114. The van der Waals surface area contributed by atoms with Gasteiger partial charge in [-0.2, -0.15) is 0 Å². The fourth-order valence-corrected chi connectivity index (χ4v) is 8.58. The van der Waals surface area contributed by atoms with E-state index < -0.39 is 16.2 Å². The van der Waals surface area contributed by atoms with E-state index in [-0.39, 0.29) is 85.7 Å². The highest BCUT2D eigenvalue weighted by atomic mass is 16.6. The van der Waals surface area contributed by atoms with Crippen molar-refractivity contribution >= 4 is 47.0 Å². The molecule has 0 aromatic carbocycles. The Hall–Kier alpha value is -3.92. The van der Waals surface area contributed by atoms with Gasteiger partial charge in [-0.25, -0.2) is 0 Å². The standard InChI is InChI=1S/C17H34O5.C17H34O4.C15H30O4.C15H30O3.C13H26O3.C13H26O2.C11H22O2.C11H22O/c1-16(2,3)7-8-19-9-10-20-11-12-21-13-14-22-15(18)17(4,5)6;1-16(2,3)8-10-20-12-14-21-13-11-19-9-7-15(18)17(4,5)6;1-14(2,3)7-8-17-9-10-18-11-12-19-13(16)15(4,5)6;1-14(2,3)8-10-18-12-11-17-9-7-13(16)15(4,5)6;1-12(2,3)7-8-15-9-10-16-11(14)13(4,5)6;1-12(2,3)8-10-15-9-7-11(14)13(4,5)6;1-10(2,3)7-8-13-9(12)11(4,5)6;1-10(2,3)8-7-9(12)11(4,5)6/h7-14H2,1-6H3;7-14H2,1-6H3;7-12H2,1-6H3;7-12H2,1-6H3;7-10H2,1-6H3;7-10H2,1-6H3;7-8H2,1-6H3;7-8H2,1-6H3. The average Bonchev–Trinajstić information content (AvgIpc) is 0.877. The number of esters is 4. The van der Waals surface area contributed by atoms with Gasteiger partial charge in [0.25, 0.3) is 0 Å². The monoisotopic (exact) mass is 1950 g/mol. The van der Waals surface area contributed by atoms with Gasteiger partial charge in [0.2, 0.25) is 0 Å². The largest absolute Gasteiger partial charge is 0.465 e. The van der Waals surface area contributed by atoms with Crippen LogP contribution in [-0.2, 0) is 114 Å². The molecule has 24 heteroatoms. The summed E-state index contributed by atoms with van der Waals surface area (Å²) in [4.78, 5) is 91.9. The third-order valence-corrected chi connectivity index (χ3v) is 19.0. The van der Waals surface area contributed by atoms with Gasteiger partial charge in [0.05, 0.1) is 147 Å². The van der Waals surface area contributed by atoms with Gasteiger partial charge >= 0.3 is 23.9 Å². The Labute approximate surface area is 837 Å². The molecule has 0 spiro atoms. The van der Waals surface area contributed by atoms with Crippen molar-refractivity contribution in [2.45, 2.75) is 409 Å². The molecule has 0 fully saturated rings. The Bertz CT molecular complexity index is 2960. The number of ketones is 4. The Morgan fingerprint density at radius 2 is 0.243 bits per heavy atom. The molecule has 0 radical (unpaired) electrons. The zero-order valence-corrected chi connectivity index (χ0v) is 98.1. The first kappa shape index (κ1) is 147. The van der Waals surface area contributed by atoms with Gasteiger partial charge < -0.3 is 75.8 Å². The molecule has 816 valence electrons. The minimum atomic E-state index is -0.462. The van der Waals surface area contributed by atoms with Crippen LogP contribution in [0, 0.1) is 86.6 Å². The molecule has 0 unspecified atom stereocenters. The van der Waals surface area contributed by atoms with Gasteiger partial charge in [-0.3, -0.25) is 38.4 Å². The van der Waals surface area contributed by atoms with E-state index in [1.807, 2.05) is 166 Å². The minimum Gasteiger partial charge on any atom is -0.465 e. The second kappa shape index (κ2) is 74.9. The van der Waals surface area contributed by atoms with Crippen molar-refractivity contribution in [3.05, 3.63) is 0 Å². The van der Waals surface area contributed by atoms with Crippen molar-refractivity contribution in [1.82, 2.24) is 0 Å². The Morgan fingerprint density at radius 1 is 0.125 bits per heavy atom. The summed E-state index contributed by atoms with van der Waals surface area (Å²) >= 11 is 0. The van der Waals surface area contributed by atoms with Crippen LogP contribution in [0.3, 0.4) is 0 Å². The van der Waals surface area contributed by atoms with Crippen LogP contribution in [-0.4, -0.2) is 232 Å². The van der Waals surface area contributed by atoms with E-state index in [0.717, 1.165) is 91.0 Å². The summed E-state index contributed by atoms with van der Waals surface area (Å²) in [5, 5.41) is 0. The third kappa shape index (κ3) is 124. The van der Waals surface area contributed by atoms with Crippen molar-refractivity contribution in [3.63, 3.8) is 0 Å². The van der Waals surface area contributed by atoms with E-state index in [1.165, 1.54) is 0 Å². The third-order valence-electron chi connectivity index (χ3n) is 19.0. The van der Waals surface area contributed by atoms with E-state index in [9.17, 15) is 38.4 Å². The van der Waals surface area contributed by atoms with Crippen LogP contribution in [0.4, 0.5) is 0 Å². The second-order valence-electron chi connectivity index (χ2n) is 53.1. The molecule has 0 aliphatic rings. The molecule has 136 heavy (non-hydrogen) atoms. The van der Waals surface area contributed by atoms with Crippen molar-refractivity contribution in [3.8, 4) is 0 Å². The van der Waals surface area contributed by atoms with E-state index in [1.54, 1.807) is 0 Å². The SMILES string of the molecule is CC(C)(C)CCC(=O)C(C)(C)C.CC(C)(C)CCOC(=O)C(C)(C)C.CC(C)(C)CCOCCC(=O)C(C)(C)C.CC(C)(C)CCOCCOC(=O)C(C)(C)C.CC(C)(C)CCOCCOCCC(=O)C(C)(C)C.CC(C)(C)CCOCCOCCOC(=O)C(C)(C)C.CC(C)(C)CCOCCOCCOCCC(=O)C(C)(C)C.CC(C)(C)CCOCCOCCOCCOC(=O)C(C)(C)C. The molecule has 0 aromatic heterocycles. The molecule has 0 aromatic rings. The normalized spacial score (nSPS) is 12.7. The van der Waals surface area contributed by atoms with E-state index in [2.05, 4.69) is 166 Å². The Kier molecular flexibility index (Phi) is 81.2. The molecule has 0 aliphatic heterocycles. The first-order valence-electron chi connectivity index (χ1n) is 50.8. The first-order valence-corrected chi connectivity index (χ1v) is 50.8. The maximum Gasteiger partial charge on any atom is 0.311 e. The summed E-state index contributed by atoms with van der Waals surface area (Å²) in [5.41, 5.74) is -0.257. The lowest BCUT2D eigenvalue weighted by Crippen LogP contribution is -2.24. The molecule has 0 N–H and O–H groups in total. The number of ether oxygens (including phenoxy) is 16. The van der Waals surface area contributed by atoms with E-state index in [0.29, 0.717) is 203 Å². The molecule has 0 heterocycles. The van der Waals surface area contributed by atoms with Crippen LogP contribution >= 0.6 is 0 Å². The molecule has 0 rings (SSSR count). The van der Waals surface area contributed by atoms with Gasteiger partial charge in [0.1, 0.15) is 43.0 Å². The maximum atomic E-state index is 11.6. The molecule has 0 saturated carbocycles. The highest BCUT2D eigenvalue weighted by Gasteiger charge is 2.29. The highest BCUT2D eigenvalue weighted by molar-refractivity contribution is 5.85. The highest BCUT2D eigenvalue weighted by Crippen LogP contribution is 2.29. The number of carbonyl (C=O) groups excluding carboxylic acids is 8. The maximum absolute atomic E-state index is 11.6. The van der Waals surface area contributed by atoms with Gasteiger partial charge in [-0.1, -0.05) is 249 Å². The van der Waals surface area contributed by atoms with Crippen molar-refractivity contribution < 1.29 is 114 Å². The lowest BCUT2D eigenvalue weighted by Gasteiger charge is -2.21. The Morgan fingerprint density at radius 3 is 0.390 bits per heavy atom. The summed E-state index contributed by atoms with van der Waals surface area (Å²) in [5.74, 6) is 0.434. The van der Waals surface area contributed by atoms with Gasteiger partial charge in [-0.15, -0.1) is 0 Å². The fourth-order valence-electron chi connectivity index (χ4n) is 8.58. The molecule has 0 aliphatic carbocycles. The summed E-state index contributed by atoms with van der Waals surface area (Å²) in [7, 11) is 0. The molecule has 0 atom stereocenters. The number of hydrogen-bond donors (Lipinski definition) is 0. The predicted molar refractivity (Wildman–Crippen MR) is 560 cm³/mol. The molecule has 0 bridgehead atoms. The predicted octanol–water partition coefficient (Wildman–Crippen LogP) is 26.0. The fraction of sp³-hybridized carbons (Fsp3) is 0.929. The Balaban J connectivity index is -0.000000231. The van der Waals surface area contributed by atoms with Crippen LogP contribution < -0.4 is 0 Å². The van der Waals surface area contributed by atoms with Gasteiger partial charge in [-0.05, 0) is 178 Å². The molecular formula is C112H224O24. The van der Waals surface area contributed by atoms with Crippen molar-refractivity contribution in [2.24, 2.45) is 86.6 Å². The number of Topliss-reactive ketones (excluding diaryl/α,β-unsaturated/α-hetero) is 4. The summed E-state index contributed by atoms with van der Waals surface area (Å²) in [6.07, 6.45) is 10.4. The summed E-state index contributed by atoms with van der Waals surface area (Å²) < 4.78 is 85.4. The first-order chi connectivity index (χ1) is 61.0. The summed E-state index contributed by atoms with van der Waals surface area (Å²) in [6.45, 7) is 114. The number of carbonyl (C=O) groups is 8. The van der Waals surface area contributed by atoms with Crippen LogP contribution in [0.5, 0.6) is 0 Å². The van der Waals surface area contributed by atoms with Gasteiger partial charge in [0.15, 0.2) is 0 Å². The summed E-state index contributed by atoms with van der Waals surface area (Å²) in [6, 6.07) is 0. The molecule has 0 saturated heterocycles. The molecule has 0 amide bonds.